The van der Waals surface area contributed by atoms with Gasteiger partial charge in [-0.2, -0.15) is 0 Å². The van der Waals surface area contributed by atoms with Gasteiger partial charge in [0.25, 0.3) is 0 Å². The molecule has 10 heavy (non-hydrogen) atoms. The topological polar surface area (TPSA) is 20.2 Å². The monoisotopic (exact) mass is 138 g/mol. The van der Waals surface area contributed by atoms with Crippen molar-refractivity contribution in [2.24, 2.45) is 5.41 Å². The molecule has 0 aliphatic heterocycles. The van der Waals surface area contributed by atoms with Gasteiger partial charge in [0.1, 0.15) is 0 Å². The van der Waals surface area contributed by atoms with E-state index in [9.17, 15) is 5.11 Å². The Kier molecular flexibility index (Phi) is 1.53. The fraction of sp³-hybridized carbons (Fsp3) is 0.778. The molecule has 1 aliphatic rings. The highest BCUT2D eigenvalue weighted by atomic mass is 16.3. The van der Waals surface area contributed by atoms with E-state index in [1.807, 2.05) is 13.8 Å². The predicted octanol–water partition coefficient (Wildman–Crippen LogP) is 1.56. The van der Waals surface area contributed by atoms with Crippen LogP contribution in [-0.2, 0) is 0 Å². The summed E-state index contributed by atoms with van der Waals surface area (Å²) in [5.41, 5.74) is -0.922. The average molecular weight is 138 g/mol. The molecular weight excluding hydrogens is 124 g/mol. The normalized spacial score (nSPS) is 47.0. The molecule has 1 aliphatic carbocycles. The van der Waals surface area contributed by atoms with E-state index in [4.69, 9.17) is 6.42 Å². The minimum Gasteiger partial charge on any atom is -0.389 e. The molecule has 1 fully saturated rings. The van der Waals surface area contributed by atoms with Crippen LogP contribution in [0.2, 0.25) is 0 Å². The van der Waals surface area contributed by atoms with Crippen LogP contribution in [0.25, 0.3) is 0 Å². The number of rotatable bonds is 0. The molecule has 2 unspecified atom stereocenters. The highest BCUT2D eigenvalue weighted by Gasteiger charge is 2.45. The second-order valence-electron chi connectivity index (χ2n) is 3.60. The molecule has 1 heteroatoms. The third-order valence-corrected chi connectivity index (χ3v) is 2.85. The highest BCUT2D eigenvalue weighted by molar-refractivity contribution is 5.15. The summed E-state index contributed by atoms with van der Waals surface area (Å²) >= 11 is 0. The summed E-state index contributed by atoms with van der Waals surface area (Å²) in [5.74, 6) is 2.68. The predicted molar refractivity (Wildman–Crippen MR) is 41.4 cm³/mol. The second-order valence-corrected chi connectivity index (χ2v) is 3.60. The molecular formula is C9H14O. The van der Waals surface area contributed by atoms with Crippen LogP contribution in [0.1, 0.15) is 33.1 Å². The lowest BCUT2D eigenvalue weighted by Gasteiger charge is -2.31. The van der Waals surface area contributed by atoms with Gasteiger partial charge in [-0.05, 0) is 33.1 Å². The molecule has 0 heterocycles. The molecule has 1 rings (SSSR count). The first-order chi connectivity index (χ1) is 4.52. The maximum absolute atomic E-state index is 9.77. The van der Waals surface area contributed by atoms with Gasteiger partial charge in [-0.25, -0.2) is 0 Å². The standard InChI is InChI=1S/C9H14O/c1-4-8(2)6-5-7-9(8,3)10/h1,10H,5-7H2,2-3H3. The van der Waals surface area contributed by atoms with E-state index in [1.165, 1.54) is 0 Å². The molecule has 2 atom stereocenters. The van der Waals surface area contributed by atoms with Gasteiger partial charge in [0, 0.05) is 0 Å². The first-order valence-corrected chi connectivity index (χ1v) is 3.72. The Morgan fingerprint density at radius 1 is 1.40 bits per heavy atom. The van der Waals surface area contributed by atoms with Crippen LogP contribution in [0, 0.1) is 17.8 Å². The smallest absolute Gasteiger partial charge is 0.0781 e. The van der Waals surface area contributed by atoms with Crippen molar-refractivity contribution in [3.63, 3.8) is 0 Å². The van der Waals surface area contributed by atoms with Crippen molar-refractivity contribution in [3.05, 3.63) is 0 Å². The zero-order valence-electron chi connectivity index (χ0n) is 6.65. The lowest BCUT2D eigenvalue weighted by molar-refractivity contribution is -0.00421. The fourth-order valence-electron chi connectivity index (χ4n) is 1.56. The van der Waals surface area contributed by atoms with Gasteiger partial charge in [0.15, 0.2) is 0 Å². The van der Waals surface area contributed by atoms with E-state index >= 15 is 0 Å². The Morgan fingerprint density at radius 2 is 2.00 bits per heavy atom. The van der Waals surface area contributed by atoms with Crippen LogP contribution in [0.15, 0.2) is 0 Å². The number of hydrogen-bond donors (Lipinski definition) is 1. The summed E-state index contributed by atoms with van der Waals surface area (Å²) in [6, 6.07) is 0. The first-order valence-electron chi connectivity index (χ1n) is 3.72. The fourth-order valence-corrected chi connectivity index (χ4v) is 1.56. The van der Waals surface area contributed by atoms with Gasteiger partial charge >= 0.3 is 0 Å². The Morgan fingerprint density at radius 3 is 2.20 bits per heavy atom. The molecule has 0 aromatic carbocycles. The average Bonchev–Trinajstić information content (AvgIpc) is 2.10. The van der Waals surface area contributed by atoms with E-state index < -0.39 is 5.60 Å². The number of terminal acetylenes is 1. The maximum Gasteiger partial charge on any atom is 0.0781 e. The summed E-state index contributed by atoms with van der Waals surface area (Å²) in [6.07, 6.45) is 8.18. The largest absolute Gasteiger partial charge is 0.389 e. The SMILES string of the molecule is C#CC1(C)CCCC1(C)O. The third kappa shape index (κ3) is 0.839. The van der Waals surface area contributed by atoms with Crippen LogP contribution >= 0.6 is 0 Å². The summed E-state index contributed by atoms with van der Waals surface area (Å²) in [5, 5.41) is 9.77. The molecule has 0 saturated heterocycles. The maximum atomic E-state index is 9.77. The number of hydrogen-bond acceptors (Lipinski definition) is 1. The van der Waals surface area contributed by atoms with E-state index in [0.717, 1.165) is 19.3 Å². The van der Waals surface area contributed by atoms with Gasteiger partial charge in [0.2, 0.25) is 0 Å². The second kappa shape index (κ2) is 2.00. The third-order valence-electron chi connectivity index (χ3n) is 2.85. The lowest BCUT2D eigenvalue weighted by Crippen LogP contribution is -2.37. The molecule has 0 amide bonds. The van der Waals surface area contributed by atoms with E-state index in [1.54, 1.807) is 0 Å². The Bertz CT molecular complexity index is 176. The molecule has 1 nitrogen and oxygen atoms in total. The van der Waals surface area contributed by atoms with Crippen LogP contribution in [0.5, 0.6) is 0 Å². The summed E-state index contributed by atoms with van der Waals surface area (Å²) in [7, 11) is 0. The van der Waals surface area contributed by atoms with Crippen LogP contribution in [0.3, 0.4) is 0 Å². The van der Waals surface area contributed by atoms with Gasteiger partial charge < -0.3 is 5.11 Å². The van der Waals surface area contributed by atoms with Gasteiger partial charge in [-0.15, -0.1) is 6.42 Å². The molecule has 0 radical (unpaired) electrons. The van der Waals surface area contributed by atoms with Gasteiger partial charge in [-0.1, -0.05) is 5.92 Å². The molecule has 0 spiro atoms. The van der Waals surface area contributed by atoms with Crippen molar-refractivity contribution in [2.75, 3.05) is 0 Å². The Labute approximate surface area is 62.4 Å². The lowest BCUT2D eigenvalue weighted by atomic mass is 9.78. The summed E-state index contributed by atoms with van der Waals surface area (Å²) < 4.78 is 0. The highest BCUT2D eigenvalue weighted by Crippen LogP contribution is 2.45. The van der Waals surface area contributed by atoms with Crippen molar-refractivity contribution in [1.82, 2.24) is 0 Å². The summed E-state index contributed by atoms with van der Waals surface area (Å²) in [6.45, 7) is 3.79. The Balaban J connectivity index is 2.89. The quantitative estimate of drug-likeness (QED) is 0.504. The zero-order chi connectivity index (χ0) is 7.83. The van der Waals surface area contributed by atoms with E-state index in [-0.39, 0.29) is 5.41 Å². The van der Waals surface area contributed by atoms with E-state index in [2.05, 4.69) is 5.92 Å². The zero-order valence-corrected chi connectivity index (χ0v) is 6.65. The molecule has 0 bridgehead atoms. The van der Waals surface area contributed by atoms with Crippen LogP contribution in [-0.4, -0.2) is 10.7 Å². The van der Waals surface area contributed by atoms with Crippen molar-refractivity contribution in [2.45, 2.75) is 38.7 Å². The van der Waals surface area contributed by atoms with Crippen molar-refractivity contribution < 1.29 is 5.11 Å². The first kappa shape index (κ1) is 7.63. The minimum atomic E-state index is -0.637. The van der Waals surface area contributed by atoms with Crippen LogP contribution < -0.4 is 0 Å². The van der Waals surface area contributed by atoms with Crippen molar-refractivity contribution in [1.29, 1.82) is 0 Å². The van der Waals surface area contributed by atoms with Crippen molar-refractivity contribution >= 4 is 0 Å². The van der Waals surface area contributed by atoms with E-state index in [0.29, 0.717) is 0 Å². The molecule has 1 N–H and O–H groups in total. The van der Waals surface area contributed by atoms with Gasteiger partial charge in [-0.3, -0.25) is 0 Å². The summed E-state index contributed by atoms with van der Waals surface area (Å²) in [4.78, 5) is 0. The Hall–Kier alpha value is -0.480. The molecule has 1 saturated carbocycles. The minimum absolute atomic E-state index is 0.285. The van der Waals surface area contributed by atoms with Gasteiger partial charge in [0.05, 0.1) is 11.0 Å². The molecule has 0 aromatic rings. The van der Waals surface area contributed by atoms with Crippen molar-refractivity contribution in [3.8, 4) is 12.3 Å². The molecule has 0 aromatic heterocycles. The molecule has 56 valence electrons. The van der Waals surface area contributed by atoms with Crippen LogP contribution in [0.4, 0.5) is 0 Å². The number of aliphatic hydroxyl groups is 1.